The van der Waals surface area contributed by atoms with Crippen molar-refractivity contribution in [3.63, 3.8) is 0 Å². The van der Waals surface area contributed by atoms with Gasteiger partial charge < -0.3 is 5.11 Å². The highest BCUT2D eigenvalue weighted by Crippen LogP contribution is 2.73. The minimum atomic E-state index is -0.0620. The molecule has 0 unspecified atom stereocenters. The van der Waals surface area contributed by atoms with Crippen LogP contribution in [-0.4, -0.2) is 11.2 Å². The van der Waals surface area contributed by atoms with Crippen LogP contribution in [-0.2, 0) is 0 Å². The van der Waals surface area contributed by atoms with Crippen molar-refractivity contribution in [1.29, 1.82) is 0 Å². The van der Waals surface area contributed by atoms with Gasteiger partial charge in [0.1, 0.15) is 0 Å². The molecule has 4 rings (SSSR count). The zero-order chi connectivity index (χ0) is 11.8. The molecule has 0 aromatic heterocycles. The molecule has 0 amide bonds. The molecule has 4 saturated carbocycles. The monoisotopic (exact) mass is 222 g/mol. The Balaban J connectivity index is 2.12. The van der Waals surface area contributed by atoms with Gasteiger partial charge >= 0.3 is 0 Å². The van der Waals surface area contributed by atoms with Crippen molar-refractivity contribution in [2.75, 3.05) is 0 Å². The van der Waals surface area contributed by atoms with Gasteiger partial charge in [0, 0.05) is 0 Å². The first-order valence-corrected chi connectivity index (χ1v) is 7.03. The van der Waals surface area contributed by atoms with Crippen molar-refractivity contribution < 1.29 is 5.11 Å². The lowest BCUT2D eigenvalue weighted by Crippen LogP contribution is -2.63. The standard InChI is InChI=1S/C15H26O/c1-10-5-6-11-13(2,3)14(4)7-8-15(10,11)9-12(14)16/h10-12,16H,5-9H2,1-4H3/t10-,11-,12-,14-,15+/m0/s1. The lowest BCUT2D eigenvalue weighted by Gasteiger charge is -2.67. The lowest BCUT2D eigenvalue weighted by atomic mass is 9.38. The highest BCUT2D eigenvalue weighted by Gasteiger charge is 2.68. The van der Waals surface area contributed by atoms with Crippen LogP contribution in [0.4, 0.5) is 0 Å². The number of rotatable bonds is 0. The molecule has 0 heterocycles. The molecule has 2 bridgehead atoms. The highest BCUT2D eigenvalue weighted by atomic mass is 16.3. The predicted molar refractivity (Wildman–Crippen MR) is 66.1 cm³/mol. The van der Waals surface area contributed by atoms with Gasteiger partial charge in [0.2, 0.25) is 0 Å². The summed E-state index contributed by atoms with van der Waals surface area (Å²) in [6, 6.07) is 0. The average molecular weight is 222 g/mol. The fourth-order valence-corrected chi connectivity index (χ4v) is 5.67. The van der Waals surface area contributed by atoms with Crippen LogP contribution in [0.3, 0.4) is 0 Å². The van der Waals surface area contributed by atoms with Crippen LogP contribution in [0.25, 0.3) is 0 Å². The van der Waals surface area contributed by atoms with E-state index in [4.69, 9.17) is 0 Å². The topological polar surface area (TPSA) is 20.2 Å². The van der Waals surface area contributed by atoms with Crippen LogP contribution in [0.15, 0.2) is 0 Å². The maximum Gasteiger partial charge on any atom is 0.0604 e. The molecule has 0 aliphatic heterocycles. The molecule has 1 N–H and O–H groups in total. The van der Waals surface area contributed by atoms with E-state index in [0.717, 1.165) is 18.3 Å². The van der Waals surface area contributed by atoms with E-state index in [1.165, 1.54) is 25.7 Å². The van der Waals surface area contributed by atoms with E-state index in [2.05, 4.69) is 27.7 Å². The highest BCUT2D eigenvalue weighted by molar-refractivity contribution is 5.17. The Morgan fingerprint density at radius 1 is 1.06 bits per heavy atom. The molecule has 0 aromatic carbocycles. The first-order valence-electron chi connectivity index (χ1n) is 7.03. The summed E-state index contributed by atoms with van der Waals surface area (Å²) in [6.45, 7) is 9.61. The summed E-state index contributed by atoms with van der Waals surface area (Å²) in [4.78, 5) is 0. The molecule has 1 heteroatoms. The third-order valence-electron chi connectivity index (χ3n) is 7.33. The number of hydrogen-bond donors (Lipinski definition) is 1. The molecule has 16 heavy (non-hydrogen) atoms. The molecule has 4 aliphatic rings. The van der Waals surface area contributed by atoms with Crippen LogP contribution >= 0.6 is 0 Å². The third kappa shape index (κ3) is 0.939. The van der Waals surface area contributed by atoms with E-state index in [9.17, 15) is 5.11 Å². The van der Waals surface area contributed by atoms with Gasteiger partial charge in [-0.25, -0.2) is 0 Å². The van der Waals surface area contributed by atoms with Crippen molar-refractivity contribution >= 4 is 0 Å². The maximum absolute atomic E-state index is 10.6. The predicted octanol–water partition coefficient (Wildman–Crippen LogP) is 3.61. The Labute approximate surface area is 99.6 Å². The van der Waals surface area contributed by atoms with Crippen molar-refractivity contribution in [3.8, 4) is 0 Å². The number of aliphatic hydroxyl groups is 1. The summed E-state index contributed by atoms with van der Waals surface area (Å²) in [5.41, 5.74) is 0.984. The molecular formula is C15H26O. The Hall–Kier alpha value is -0.0400. The SMILES string of the molecule is C[C@H]1CC[C@H]2C(C)(C)[C@@]3(C)CC[C@@]12C[C@@H]3O. The van der Waals surface area contributed by atoms with E-state index >= 15 is 0 Å². The minimum absolute atomic E-state index is 0.0620. The van der Waals surface area contributed by atoms with E-state index in [0.29, 0.717) is 10.8 Å². The molecule has 4 aliphatic carbocycles. The number of fused-ring (bicyclic) bond motifs is 2. The lowest BCUT2D eigenvalue weighted by molar-refractivity contribution is -0.223. The van der Waals surface area contributed by atoms with E-state index in [1.807, 2.05) is 0 Å². The summed E-state index contributed by atoms with van der Waals surface area (Å²) >= 11 is 0. The van der Waals surface area contributed by atoms with Crippen molar-refractivity contribution in [1.82, 2.24) is 0 Å². The van der Waals surface area contributed by atoms with E-state index in [1.54, 1.807) is 0 Å². The molecule has 5 atom stereocenters. The molecule has 4 fully saturated rings. The van der Waals surface area contributed by atoms with Crippen LogP contribution in [0.5, 0.6) is 0 Å². The zero-order valence-electron chi connectivity index (χ0n) is 11.2. The second kappa shape index (κ2) is 2.85. The smallest absolute Gasteiger partial charge is 0.0604 e. The van der Waals surface area contributed by atoms with Crippen molar-refractivity contribution in [2.24, 2.45) is 28.1 Å². The Morgan fingerprint density at radius 3 is 2.38 bits per heavy atom. The summed E-state index contributed by atoms with van der Waals surface area (Å²) < 4.78 is 0. The van der Waals surface area contributed by atoms with Crippen LogP contribution < -0.4 is 0 Å². The van der Waals surface area contributed by atoms with Crippen molar-refractivity contribution in [2.45, 2.75) is 65.9 Å². The third-order valence-corrected chi connectivity index (χ3v) is 7.33. The van der Waals surface area contributed by atoms with E-state index < -0.39 is 0 Å². The first-order chi connectivity index (χ1) is 7.34. The fraction of sp³-hybridized carbons (Fsp3) is 1.00. The molecule has 1 nitrogen and oxygen atoms in total. The largest absolute Gasteiger partial charge is 0.393 e. The fourth-order valence-electron chi connectivity index (χ4n) is 5.67. The van der Waals surface area contributed by atoms with E-state index in [-0.39, 0.29) is 11.5 Å². The average Bonchev–Trinajstić information content (AvgIpc) is 2.51. The minimum Gasteiger partial charge on any atom is -0.393 e. The van der Waals surface area contributed by atoms with Gasteiger partial charge in [-0.2, -0.15) is 0 Å². The quantitative estimate of drug-likeness (QED) is 0.664. The maximum atomic E-state index is 10.6. The second-order valence-electron chi connectivity index (χ2n) is 7.62. The van der Waals surface area contributed by atoms with Crippen LogP contribution in [0.2, 0.25) is 0 Å². The molecule has 92 valence electrons. The van der Waals surface area contributed by atoms with Gasteiger partial charge in [0.15, 0.2) is 0 Å². The van der Waals surface area contributed by atoms with Gasteiger partial charge in [-0.3, -0.25) is 0 Å². The van der Waals surface area contributed by atoms with Gasteiger partial charge in [0.05, 0.1) is 6.10 Å². The van der Waals surface area contributed by atoms with Crippen LogP contribution in [0.1, 0.15) is 59.8 Å². The normalized spacial score (nSPS) is 58.7. The molecule has 0 radical (unpaired) electrons. The molecular weight excluding hydrogens is 196 g/mol. The Kier molecular flexibility index (Phi) is 1.98. The molecule has 0 aromatic rings. The van der Waals surface area contributed by atoms with Gasteiger partial charge in [-0.15, -0.1) is 0 Å². The second-order valence-corrected chi connectivity index (χ2v) is 7.62. The summed E-state index contributed by atoms with van der Waals surface area (Å²) in [7, 11) is 0. The molecule has 0 saturated heterocycles. The Morgan fingerprint density at radius 2 is 1.75 bits per heavy atom. The number of aliphatic hydroxyl groups excluding tert-OH is 1. The summed E-state index contributed by atoms with van der Waals surface area (Å²) in [5.74, 6) is 1.69. The molecule has 1 spiro atoms. The van der Waals surface area contributed by atoms with Gasteiger partial charge in [0.25, 0.3) is 0 Å². The van der Waals surface area contributed by atoms with Gasteiger partial charge in [-0.05, 0) is 60.2 Å². The Bertz CT molecular complexity index is 321. The number of hydrogen-bond acceptors (Lipinski definition) is 1. The summed E-state index contributed by atoms with van der Waals surface area (Å²) in [6.07, 6.45) is 6.41. The van der Waals surface area contributed by atoms with Crippen LogP contribution in [0, 0.1) is 28.1 Å². The van der Waals surface area contributed by atoms with Gasteiger partial charge in [-0.1, -0.05) is 27.7 Å². The summed E-state index contributed by atoms with van der Waals surface area (Å²) in [5, 5.41) is 10.6. The van der Waals surface area contributed by atoms with Crippen molar-refractivity contribution in [3.05, 3.63) is 0 Å². The first kappa shape index (κ1) is 11.1. The zero-order valence-corrected chi connectivity index (χ0v) is 11.2.